The van der Waals surface area contributed by atoms with Gasteiger partial charge in [0.2, 0.25) is 11.0 Å². The Morgan fingerprint density at radius 2 is 1.83 bits per heavy atom. The molecule has 1 amide bonds. The fraction of sp³-hybridized carbons (Fsp3) is 0.143. The zero-order valence-corrected chi connectivity index (χ0v) is 17.9. The number of hydrogen-bond acceptors (Lipinski definition) is 8. The highest BCUT2D eigenvalue weighted by Crippen LogP contribution is 2.35. The molecule has 1 N–H and O–H groups in total. The van der Waals surface area contributed by atoms with Gasteiger partial charge in [0.05, 0.1) is 26.2 Å². The highest BCUT2D eigenvalue weighted by atomic mass is 32.2. The Hall–Kier alpha value is -3.17. The maximum absolute atomic E-state index is 12.5. The van der Waals surface area contributed by atoms with E-state index in [1.165, 1.54) is 23.1 Å². The van der Waals surface area contributed by atoms with Crippen molar-refractivity contribution in [1.82, 2.24) is 15.2 Å². The van der Waals surface area contributed by atoms with Crippen molar-refractivity contribution in [2.75, 3.05) is 19.5 Å². The van der Waals surface area contributed by atoms with E-state index in [9.17, 15) is 4.79 Å². The van der Waals surface area contributed by atoms with Gasteiger partial charge in [0.15, 0.2) is 4.34 Å². The summed E-state index contributed by atoms with van der Waals surface area (Å²) in [5.74, 6) is 1.08. The number of ether oxygens (including phenoxy) is 2. The summed E-state index contributed by atoms with van der Waals surface area (Å²) in [5.41, 5.74) is 1.71. The molecular formula is C21H18N4O3S2. The Bertz CT molecular complexity index is 1170. The van der Waals surface area contributed by atoms with Crippen LogP contribution in [0.25, 0.3) is 10.9 Å². The first-order valence-electron chi connectivity index (χ1n) is 9.01. The molecule has 0 aliphatic heterocycles. The number of benzene rings is 2. The van der Waals surface area contributed by atoms with Gasteiger partial charge in [0.25, 0.3) is 0 Å². The quantitative estimate of drug-likeness (QED) is 0.427. The molecule has 0 aliphatic rings. The van der Waals surface area contributed by atoms with Crippen molar-refractivity contribution in [1.29, 1.82) is 0 Å². The van der Waals surface area contributed by atoms with Gasteiger partial charge >= 0.3 is 0 Å². The lowest BCUT2D eigenvalue weighted by atomic mass is 10.1. The van der Waals surface area contributed by atoms with E-state index < -0.39 is 0 Å². The lowest BCUT2D eigenvalue weighted by Gasteiger charge is -2.08. The second-order valence-electron chi connectivity index (χ2n) is 6.25. The van der Waals surface area contributed by atoms with Crippen LogP contribution in [0.15, 0.2) is 64.0 Å². The van der Waals surface area contributed by atoms with Crippen LogP contribution in [0, 0.1) is 0 Å². The Morgan fingerprint density at radius 1 is 1.07 bits per heavy atom. The van der Waals surface area contributed by atoms with Crippen molar-refractivity contribution < 1.29 is 14.3 Å². The number of nitrogens with one attached hydrogen (secondary N) is 1. The van der Waals surface area contributed by atoms with Crippen molar-refractivity contribution in [3.05, 3.63) is 60.3 Å². The molecule has 30 heavy (non-hydrogen) atoms. The summed E-state index contributed by atoms with van der Waals surface area (Å²) in [7, 11) is 3.15. The summed E-state index contributed by atoms with van der Waals surface area (Å²) in [6.45, 7) is 0. The molecule has 0 bridgehead atoms. The molecule has 0 fully saturated rings. The Balaban J connectivity index is 1.44. The fourth-order valence-electron chi connectivity index (χ4n) is 2.87. The van der Waals surface area contributed by atoms with Gasteiger partial charge in [-0.15, -0.1) is 10.2 Å². The number of carbonyl (C=O) groups is 1. The van der Waals surface area contributed by atoms with Gasteiger partial charge < -0.3 is 14.8 Å². The van der Waals surface area contributed by atoms with Crippen LogP contribution in [0.1, 0.15) is 5.56 Å². The summed E-state index contributed by atoms with van der Waals surface area (Å²) < 4.78 is 11.2. The maximum Gasteiger partial charge on any atom is 0.230 e. The van der Waals surface area contributed by atoms with Crippen LogP contribution in [0.3, 0.4) is 0 Å². The zero-order chi connectivity index (χ0) is 20.9. The number of carbonyl (C=O) groups excluding carboxylic acids is 1. The number of hydrogen-bond donors (Lipinski definition) is 1. The minimum atomic E-state index is -0.188. The smallest absolute Gasteiger partial charge is 0.230 e. The van der Waals surface area contributed by atoms with Gasteiger partial charge in [-0.25, -0.2) is 0 Å². The number of nitrogens with zero attached hydrogens (tertiary/aromatic N) is 3. The molecule has 9 heteroatoms. The minimum Gasteiger partial charge on any atom is -0.497 e. The van der Waals surface area contributed by atoms with Gasteiger partial charge in [-0.2, -0.15) is 0 Å². The van der Waals surface area contributed by atoms with Crippen LogP contribution in [0.2, 0.25) is 0 Å². The third-order valence-corrected chi connectivity index (χ3v) is 6.20. The van der Waals surface area contributed by atoms with Gasteiger partial charge in [-0.1, -0.05) is 41.3 Å². The molecule has 4 rings (SSSR count). The number of anilines is 1. The van der Waals surface area contributed by atoms with Crippen molar-refractivity contribution in [3.8, 4) is 11.5 Å². The monoisotopic (exact) mass is 438 g/mol. The second kappa shape index (κ2) is 9.10. The molecule has 2 heterocycles. The standard InChI is InChI=1S/C21H18N4O3S2/c1-27-14-9-13(10-15(12-14)28-2)11-19(26)23-20-24-25-21(30-20)29-18-7-8-22-17-6-4-3-5-16(17)18/h3-10,12H,11H2,1-2H3,(H,23,24,26). The Kier molecular flexibility index (Phi) is 6.10. The first kappa shape index (κ1) is 20.1. The van der Waals surface area contributed by atoms with Gasteiger partial charge in [-0.3, -0.25) is 9.78 Å². The number of methoxy groups -OCH3 is 2. The van der Waals surface area contributed by atoms with Crippen LogP contribution in [0.5, 0.6) is 11.5 Å². The molecule has 0 radical (unpaired) electrons. The molecule has 152 valence electrons. The summed E-state index contributed by atoms with van der Waals surface area (Å²) >= 11 is 2.83. The number of amides is 1. The number of pyridine rings is 1. The molecule has 2 aromatic heterocycles. The van der Waals surface area contributed by atoms with E-state index in [2.05, 4.69) is 20.5 Å². The summed E-state index contributed by atoms with van der Waals surface area (Å²) in [4.78, 5) is 17.9. The summed E-state index contributed by atoms with van der Waals surface area (Å²) in [5, 5.41) is 12.6. The fourth-order valence-corrected chi connectivity index (χ4v) is 4.72. The number of aromatic nitrogens is 3. The van der Waals surface area contributed by atoms with E-state index >= 15 is 0 Å². The van der Waals surface area contributed by atoms with E-state index in [0.717, 1.165) is 25.7 Å². The van der Waals surface area contributed by atoms with E-state index in [1.54, 1.807) is 38.6 Å². The lowest BCUT2D eigenvalue weighted by Crippen LogP contribution is -2.14. The third kappa shape index (κ3) is 4.69. The number of para-hydroxylation sites is 1. The van der Waals surface area contributed by atoms with Gasteiger partial charge in [0, 0.05) is 22.5 Å². The van der Waals surface area contributed by atoms with Gasteiger partial charge in [0.1, 0.15) is 11.5 Å². The first-order valence-corrected chi connectivity index (χ1v) is 10.6. The third-order valence-electron chi connectivity index (χ3n) is 4.24. The van der Waals surface area contributed by atoms with E-state index in [-0.39, 0.29) is 12.3 Å². The minimum absolute atomic E-state index is 0.171. The molecule has 2 aromatic carbocycles. The van der Waals surface area contributed by atoms with Crippen LogP contribution in [-0.4, -0.2) is 35.3 Å². The molecule has 0 atom stereocenters. The van der Waals surface area contributed by atoms with Gasteiger partial charge in [-0.05, 0) is 29.8 Å². The largest absolute Gasteiger partial charge is 0.497 e. The predicted octanol–water partition coefficient (Wildman–Crippen LogP) is 4.44. The molecule has 0 saturated carbocycles. The zero-order valence-electron chi connectivity index (χ0n) is 16.3. The van der Waals surface area contributed by atoms with Crippen LogP contribution in [0.4, 0.5) is 5.13 Å². The average molecular weight is 439 g/mol. The summed E-state index contributed by atoms with van der Waals surface area (Å²) in [6, 6.07) is 15.3. The van der Waals surface area contributed by atoms with Crippen LogP contribution >= 0.6 is 23.1 Å². The molecule has 0 saturated heterocycles. The molecule has 0 unspecified atom stereocenters. The molecular weight excluding hydrogens is 420 g/mol. The molecule has 7 nitrogen and oxygen atoms in total. The number of rotatable bonds is 7. The second-order valence-corrected chi connectivity index (χ2v) is 8.51. The predicted molar refractivity (Wildman–Crippen MR) is 118 cm³/mol. The topological polar surface area (TPSA) is 86.2 Å². The van der Waals surface area contributed by atoms with Crippen molar-refractivity contribution in [2.45, 2.75) is 15.7 Å². The lowest BCUT2D eigenvalue weighted by molar-refractivity contribution is -0.115. The van der Waals surface area contributed by atoms with Crippen molar-refractivity contribution in [3.63, 3.8) is 0 Å². The van der Waals surface area contributed by atoms with E-state index in [0.29, 0.717) is 16.6 Å². The van der Waals surface area contributed by atoms with E-state index in [4.69, 9.17) is 9.47 Å². The van der Waals surface area contributed by atoms with E-state index in [1.807, 2.05) is 30.3 Å². The average Bonchev–Trinajstić information content (AvgIpc) is 3.20. The Labute approximate surface area is 181 Å². The molecule has 4 aromatic rings. The van der Waals surface area contributed by atoms with Crippen molar-refractivity contribution in [2.24, 2.45) is 0 Å². The Morgan fingerprint density at radius 3 is 2.60 bits per heavy atom. The molecule has 0 spiro atoms. The first-order chi connectivity index (χ1) is 14.6. The van der Waals surface area contributed by atoms with Crippen LogP contribution in [-0.2, 0) is 11.2 Å². The van der Waals surface area contributed by atoms with Crippen molar-refractivity contribution >= 4 is 45.0 Å². The van der Waals surface area contributed by atoms with Crippen LogP contribution < -0.4 is 14.8 Å². The maximum atomic E-state index is 12.5. The number of fused-ring (bicyclic) bond motifs is 1. The highest BCUT2D eigenvalue weighted by Gasteiger charge is 2.13. The normalized spacial score (nSPS) is 10.7. The highest BCUT2D eigenvalue weighted by molar-refractivity contribution is 8.01. The molecule has 0 aliphatic carbocycles. The SMILES string of the molecule is COc1cc(CC(=O)Nc2nnc(Sc3ccnc4ccccc34)s2)cc(OC)c1. The summed E-state index contributed by atoms with van der Waals surface area (Å²) in [6.07, 6.45) is 1.95.